The first-order chi connectivity index (χ1) is 9.10. The van der Waals surface area contributed by atoms with Crippen molar-refractivity contribution in [3.8, 4) is 0 Å². The van der Waals surface area contributed by atoms with Crippen molar-refractivity contribution in [3.63, 3.8) is 0 Å². The lowest BCUT2D eigenvalue weighted by Crippen LogP contribution is -2.45. The quantitative estimate of drug-likeness (QED) is 0.908. The molecule has 1 aromatic rings. The van der Waals surface area contributed by atoms with Gasteiger partial charge in [0, 0.05) is 36.4 Å². The van der Waals surface area contributed by atoms with Crippen LogP contribution in [0, 0.1) is 13.8 Å². The van der Waals surface area contributed by atoms with E-state index in [1.54, 1.807) is 0 Å². The van der Waals surface area contributed by atoms with E-state index < -0.39 is 0 Å². The molecule has 4 heteroatoms. The third kappa shape index (κ3) is 2.70. The van der Waals surface area contributed by atoms with E-state index in [1.807, 2.05) is 0 Å². The second kappa shape index (κ2) is 6.06. The lowest BCUT2D eigenvalue weighted by atomic mass is 9.96. The van der Waals surface area contributed by atoms with Gasteiger partial charge in [0.2, 0.25) is 0 Å². The molecular weight excluding hydrogens is 236 g/mol. The summed E-state index contributed by atoms with van der Waals surface area (Å²) in [5.41, 5.74) is 9.85. The van der Waals surface area contributed by atoms with E-state index in [2.05, 4.69) is 42.4 Å². The van der Waals surface area contributed by atoms with E-state index in [4.69, 9.17) is 5.73 Å². The lowest BCUT2D eigenvalue weighted by Gasteiger charge is -2.39. The Bertz CT molecular complexity index is 424. The molecule has 19 heavy (non-hydrogen) atoms. The van der Waals surface area contributed by atoms with E-state index in [0.717, 1.165) is 13.1 Å². The number of hydrogen-bond acceptors (Lipinski definition) is 3. The van der Waals surface area contributed by atoms with Crippen molar-refractivity contribution in [2.75, 3.05) is 13.1 Å². The minimum absolute atomic E-state index is 0.425. The van der Waals surface area contributed by atoms with Gasteiger partial charge in [-0.2, -0.15) is 5.10 Å². The smallest absolute Gasteiger partial charge is 0.0644 e. The number of piperidine rings is 1. The van der Waals surface area contributed by atoms with Gasteiger partial charge in [0.25, 0.3) is 0 Å². The second-order valence-electron chi connectivity index (χ2n) is 5.70. The van der Waals surface area contributed by atoms with Crippen LogP contribution in [0.5, 0.6) is 0 Å². The number of nitrogens with zero attached hydrogens (tertiary/aromatic N) is 3. The van der Waals surface area contributed by atoms with Crippen LogP contribution in [0.15, 0.2) is 0 Å². The van der Waals surface area contributed by atoms with Gasteiger partial charge in [0.15, 0.2) is 0 Å². The maximum atomic E-state index is 5.95. The van der Waals surface area contributed by atoms with Gasteiger partial charge in [0.1, 0.15) is 0 Å². The van der Waals surface area contributed by atoms with Crippen LogP contribution in [-0.2, 0) is 6.54 Å². The highest BCUT2D eigenvalue weighted by Crippen LogP contribution is 2.31. The molecule has 2 N–H and O–H groups in total. The first kappa shape index (κ1) is 14.5. The zero-order valence-corrected chi connectivity index (χ0v) is 12.8. The molecule has 2 atom stereocenters. The van der Waals surface area contributed by atoms with Crippen LogP contribution in [-0.4, -0.2) is 33.8 Å². The molecule has 2 rings (SSSR count). The molecular formula is C15H28N4. The Kier molecular flexibility index (Phi) is 4.63. The van der Waals surface area contributed by atoms with Crippen LogP contribution in [0.4, 0.5) is 0 Å². The third-order valence-corrected chi connectivity index (χ3v) is 4.60. The number of aromatic nitrogens is 2. The summed E-state index contributed by atoms with van der Waals surface area (Å²) >= 11 is 0. The van der Waals surface area contributed by atoms with Crippen molar-refractivity contribution in [2.45, 2.75) is 65.6 Å². The van der Waals surface area contributed by atoms with Gasteiger partial charge in [-0.3, -0.25) is 9.58 Å². The summed E-state index contributed by atoms with van der Waals surface area (Å²) in [5.74, 6) is 0. The van der Waals surface area contributed by atoms with Gasteiger partial charge in [-0.25, -0.2) is 0 Å². The molecule has 2 unspecified atom stereocenters. The monoisotopic (exact) mass is 264 g/mol. The molecule has 108 valence electrons. The van der Waals surface area contributed by atoms with Crippen molar-refractivity contribution < 1.29 is 0 Å². The summed E-state index contributed by atoms with van der Waals surface area (Å²) in [7, 11) is 0. The van der Waals surface area contributed by atoms with Crippen LogP contribution in [0.1, 0.15) is 56.1 Å². The predicted molar refractivity (Wildman–Crippen MR) is 79.2 cm³/mol. The van der Waals surface area contributed by atoms with E-state index in [-0.39, 0.29) is 0 Å². The lowest BCUT2D eigenvalue weighted by molar-refractivity contribution is 0.107. The Morgan fingerprint density at radius 3 is 2.68 bits per heavy atom. The predicted octanol–water partition coefficient (Wildman–Crippen LogP) is 2.39. The molecule has 0 bridgehead atoms. The SMILES string of the molecule is CCn1nc(C)c(C(C)N2CCCCC2CN)c1C. The molecule has 0 saturated carbocycles. The molecule has 0 spiro atoms. The number of aryl methyl sites for hydroxylation is 2. The second-order valence-corrected chi connectivity index (χ2v) is 5.70. The number of rotatable bonds is 4. The number of hydrogen-bond donors (Lipinski definition) is 1. The van der Waals surface area contributed by atoms with Crippen molar-refractivity contribution in [1.29, 1.82) is 0 Å². The Morgan fingerprint density at radius 2 is 2.11 bits per heavy atom. The molecule has 0 aromatic carbocycles. The zero-order valence-electron chi connectivity index (χ0n) is 12.8. The van der Waals surface area contributed by atoms with Crippen LogP contribution < -0.4 is 5.73 Å². The van der Waals surface area contributed by atoms with Crippen molar-refractivity contribution in [3.05, 3.63) is 17.0 Å². The first-order valence-corrected chi connectivity index (χ1v) is 7.59. The molecule has 1 aliphatic heterocycles. The summed E-state index contributed by atoms with van der Waals surface area (Å²) in [4.78, 5) is 2.58. The molecule has 4 nitrogen and oxygen atoms in total. The van der Waals surface area contributed by atoms with Crippen LogP contribution in [0.3, 0.4) is 0 Å². The van der Waals surface area contributed by atoms with E-state index in [1.165, 1.54) is 42.8 Å². The minimum Gasteiger partial charge on any atom is -0.329 e. The summed E-state index contributed by atoms with van der Waals surface area (Å²) < 4.78 is 2.11. The molecule has 1 fully saturated rings. The standard InChI is InChI=1S/C15H28N4/c1-5-19-13(4)15(11(2)17-19)12(3)18-9-7-6-8-14(18)10-16/h12,14H,5-10,16H2,1-4H3. The Hall–Kier alpha value is -0.870. The van der Waals surface area contributed by atoms with Crippen molar-refractivity contribution in [1.82, 2.24) is 14.7 Å². The fraction of sp³-hybridized carbons (Fsp3) is 0.800. The fourth-order valence-electron chi connectivity index (χ4n) is 3.57. The summed E-state index contributed by atoms with van der Waals surface area (Å²) in [6.45, 7) is 11.7. The maximum absolute atomic E-state index is 5.95. The van der Waals surface area contributed by atoms with Crippen LogP contribution in [0.25, 0.3) is 0 Å². The molecule has 1 aromatic heterocycles. The molecule has 1 aliphatic rings. The first-order valence-electron chi connectivity index (χ1n) is 7.59. The molecule has 0 radical (unpaired) electrons. The zero-order chi connectivity index (χ0) is 14.0. The Morgan fingerprint density at radius 1 is 1.37 bits per heavy atom. The average Bonchev–Trinajstić information content (AvgIpc) is 2.72. The van der Waals surface area contributed by atoms with Gasteiger partial charge in [-0.15, -0.1) is 0 Å². The third-order valence-electron chi connectivity index (χ3n) is 4.60. The summed E-state index contributed by atoms with van der Waals surface area (Å²) in [5, 5.41) is 4.65. The normalized spacial score (nSPS) is 22.7. The Balaban J connectivity index is 2.27. The average molecular weight is 264 g/mol. The fourth-order valence-corrected chi connectivity index (χ4v) is 3.57. The largest absolute Gasteiger partial charge is 0.329 e. The van der Waals surface area contributed by atoms with Crippen LogP contribution >= 0.6 is 0 Å². The molecule has 1 saturated heterocycles. The molecule has 2 heterocycles. The van der Waals surface area contributed by atoms with Gasteiger partial charge >= 0.3 is 0 Å². The Labute approximate surface area is 117 Å². The van der Waals surface area contributed by atoms with E-state index >= 15 is 0 Å². The number of likely N-dealkylation sites (tertiary alicyclic amines) is 1. The van der Waals surface area contributed by atoms with E-state index in [9.17, 15) is 0 Å². The number of nitrogens with two attached hydrogens (primary N) is 1. The highest BCUT2D eigenvalue weighted by Gasteiger charge is 2.29. The topological polar surface area (TPSA) is 47.1 Å². The van der Waals surface area contributed by atoms with Crippen molar-refractivity contribution >= 4 is 0 Å². The van der Waals surface area contributed by atoms with Gasteiger partial charge in [0.05, 0.1) is 5.69 Å². The summed E-state index contributed by atoms with van der Waals surface area (Å²) in [6, 6.07) is 0.960. The van der Waals surface area contributed by atoms with Gasteiger partial charge < -0.3 is 5.73 Å². The van der Waals surface area contributed by atoms with Crippen molar-refractivity contribution in [2.24, 2.45) is 5.73 Å². The van der Waals surface area contributed by atoms with Crippen LogP contribution in [0.2, 0.25) is 0 Å². The van der Waals surface area contributed by atoms with Gasteiger partial charge in [-0.05, 0) is 47.1 Å². The van der Waals surface area contributed by atoms with Gasteiger partial charge in [-0.1, -0.05) is 6.42 Å². The maximum Gasteiger partial charge on any atom is 0.0644 e. The van der Waals surface area contributed by atoms with E-state index in [0.29, 0.717) is 12.1 Å². The molecule has 0 amide bonds. The minimum atomic E-state index is 0.425. The molecule has 0 aliphatic carbocycles. The highest BCUT2D eigenvalue weighted by molar-refractivity contribution is 5.28. The highest BCUT2D eigenvalue weighted by atomic mass is 15.3. The summed E-state index contributed by atoms with van der Waals surface area (Å²) in [6.07, 6.45) is 3.85.